The summed E-state index contributed by atoms with van der Waals surface area (Å²) >= 11 is 11.4. The van der Waals surface area contributed by atoms with Crippen LogP contribution in [0.4, 0.5) is 0 Å². The van der Waals surface area contributed by atoms with Crippen molar-refractivity contribution in [1.82, 2.24) is 10.2 Å². The number of hydrogen-bond donors (Lipinski definition) is 1. The van der Waals surface area contributed by atoms with Gasteiger partial charge in [0.25, 0.3) is 0 Å². The van der Waals surface area contributed by atoms with Crippen molar-refractivity contribution in [2.24, 2.45) is 11.8 Å². The molecular formula is C15H21ClN2S. The van der Waals surface area contributed by atoms with Gasteiger partial charge in [0.15, 0.2) is 5.11 Å². The molecule has 1 N–H and O–H groups in total. The molecule has 1 aromatic carbocycles. The number of benzene rings is 1. The maximum Gasteiger partial charge on any atom is 0.169 e. The molecule has 1 aliphatic rings. The van der Waals surface area contributed by atoms with Gasteiger partial charge < -0.3 is 10.2 Å². The van der Waals surface area contributed by atoms with Gasteiger partial charge in [0.1, 0.15) is 0 Å². The predicted molar refractivity (Wildman–Crippen MR) is 85.4 cm³/mol. The van der Waals surface area contributed by atoms with Gasteiger partial charge in [-0.3, -0.25) is 0 Å². The zero-order chi connectivity index (χ0) is 13.8. The number of halogens is 1. The Morgan fingerprint density at radius 3 is 2.42 bits per heavy atom. The van der Waals surface area contributed by atoms with Crippen LogP contribution in [0.1, 0.15) is 25.8 Å². The highest BCUT2D eigenvalue weighted by Crippen LogP contribution is 2.21. The van der Waals surface area contributed by atoms with E-state index >= 15 is 0 Å². The van der Waals surface area contributed by atoms with Crippen LogP contribution in [0.15, 0.2) is 24.3 Å². The number of rotatable bonds is 2. The lowest BCUT2D eigenvalue weighted by Gasteiger charge is -2.36. The minimum Gasteiger partial charge on any atom is -0.358 e. The van der Waals surface area contributed by atoms with E-state index in [-0.39, 0.29) is 0 Å². The first-order valence-corrected chi connectivity index (χ1v) is 7.60. The molecule has 0 amide bonds. The Balaban J connectivity index is 1.85. The van der Waals surface area contributed by atoms with Crippen LogP contribution >= 0.6 is 23.8 Å². The largest absolute Gasteiger partial charge is 0.358 e. The van der Waals surface area contributed by atoms with Gasteiger partial charge in [0, 0.05) is 24.7 Å². The summed E-state index contributed by atoms with van der Waals surface area (Å²) < 4.78 is 0. The predicted octanol–water partition coefficient (Wildman–Crippen LogP) is 3.69. The van der Waals surface area contributed by atoms with Crippen molar-refractivity contribution in [3.05, 3.63) is 34.9 Å². The molecule has 2 atom stereocenters. The highest BCUT2D eigenvalue weighted by Gasteiger charge is 2.23. The van der Waals surface area contributed by atoms with E-state index in [2.05, 4.69) is 24.1 Å². The highest BCUT2D eigenvalue weighted by molar-refractivity contribution is 7.80. The van der Waals surface area contributed by atoms with Gasteiger partial charge in [-0.1, -0.05) is 37.6 Å². The minimum absolute atomic E-state index is 0.721. The summed E-state index contributed by atoms with van der Waals surface area (Å²) in [5, 5.41) is 4.98. The topological polar surface area (TPSA) is 15.3 Å². The summed E-state index contributed by atoms with van der Waals surface area (Å²) in [4.78, 5) is 2.30. The fourth-order valence-electron chi connectivity index (χ4n) is 2.72. The monoisotopic (exact) mass is 296 g/mol. The second-order valence-corrected chi connectivity index (χ2v) is 6.46. The molecular weight excluding hydrogens is 276 g/mol. The summed E-state index contributed by atoms with van der Waals surface area (Å²) in [6.07, 6.45) is 1.30. The van der Waals surface area contributed by atoms with Crippen LogP contribution in [-0.2, 0) is 6.54 Å². The molecule has 4 heteroatoms. The Hall–Kier alpha value is -0.800. The third kappa shape index (κ3) is 4.36. The molecule has 1 heterocycles. The Kier molecular flexibility index (Phi) is 5.06. The van der Waals surface area contributed by atoms with Gasteiger partial charge >= 0.3 is 0 Å². The third-order valence-corrected chi connectivity index (χ3v) is 4.17. The maximum atomic E-state index is 5.87. The molecule has 1 saturated heterocycles. The number of nitrogens with zero attached hydrogens (tertiary/aromatic N) is 1. The summed E-state index contributed by atoms with van der Waals surface area (Å²) in [6, 6.07) is 7.87. The van der Waals surface area contributed by atoms with Crippen molar-refractivity contribution < 1.29 is 0 Å². The normalized spacial score (nSPS) is 23.2. The first-order valence-electron chi connectivity index (χ1n) is 6.82. The second-order valence-electron chi connectivity index (χ2n) is 5.64. The van der Waals surface area contributed by atoms with Crippen LogP contribution in [0.2, 0.25) is 5.02 Å². The van der Waals surface area contributed by atoms with E-state index in [1.807, 2.05) is 24.3 Å². The van der Waals surface area contributed by atoms with Crippen LogP contribution < -0.4 is 5.32 Å². The van der Waals surface area contributed by atoms with Crippen LogP contribution in [0.3, 0.4) is 0 Å². The van der Waals surface area contributed by atoms with Crippen LogP contribution in [0, 0.1) is 11.8 Å². The van der Waals surface area contributed by atoms with Crippen LogP contribution in [0.25, 0.3) is 0 Å². The van der Waals surface area contributed by atoms with Crippen LogP contribution in [-0.4, -0.2) is 23.1 Å². The Bertz CT molecular complexity index is 422. The number of hydrogen-bond acceptors (Lipinski definition) is 1. The molecule has 0 aliphatic carbocycles. The zero-order valence-corrected chi connectivity index (χ0v) is 13.1. The first kappa shape index (κ1) is 14.6. The molecule has 1 fully saturated rings. The average molecular weight is 297 g/mol. The van der Waals surface area contributed by atoms with E-state index in [0.717, 1.165) is 41.6 Å². The fraction of sp³-hybridized carbons (Fsp3) is 0.533. The van der Waals surface area contributed by atoms with E-state index in [9.17, 15) is 0 Å². The first-order chi connectivity index (χ1) is 9.04. The Labute approximate surface area is 126 Å². The SMILES string of the molecule is C[C@H]1C[C@H](C)CN(C(=S)NCc2ccc(Cl)cc2)C1. The van der Waals surface area contributed by atoms with E-state index in [1.165, 1.54) is 12.0 Å². The molecule has 19 heavy (non-hydrogen) atoms. The van der Waals surface area contributed by atoms with Crippen molar-refractivity contribution in [2.45, 2.75) is 26.8 Å². The molecule has 1 aliphatic heterocycles. The molecule has 104 valence electrons. The van der Waals surface area contributed by atoms with Gasteiger partial charge in [-0.2, -0.15) is 0 Å². The minimum atomic E-state index is 0.721. The molecule has 2 rings (SSSR count). The van der Waals surface area contributed by atoms with Crippen LogP contribution in [0.5, 0.6) is 0 Å². The molecule has 0 bridgehead atoms. The lowest BCUT2D eigenvalue weighted by molar-refractivity contribution is 0.212. The molecule has 0 radical (unpaired) electrons. The summed E-state index contributed by atoms with van der Waals surface area (Å²) in [5.74, 6) is 1.44. The lowest BCUT2D eigenvalue weighted by atomic mass is 9.92. The molecule has 1 aromatic rings. The van der Waals surface area contributed by atoms with Crippen molar-refractivity contribution in [3.8, 4) is 0 Å². The quantitative estimate of drug-likeness (QED) is 0.838. The molecule has 0 aromatic heterocycles. The summed E-state index contributed by atoms with van der Waals surface area (Å²) in [7, 11) is 0. The maximum absolute atomic E-state index is 5.87. The van der Waals surface area contributed by atoms with Crippen molar-refractivity contribution in [1.29, 1.82) is 0 Å². The number of piperidine rings is 1. The van der Waals surface area contributed by atoms with Gasteiger partial charge in [-0.25, -0.2) is 0 Å². The van der Waals surface area contributed by atoms with Gasteiger partial charge in [0.05, 0.1) is 0 Å². The number of likely N-dealkylation sites (tertiary alicyclic amines) is 1. The van der Waals surface area contributed by atoms with Gasteiger partial charge in [-0.05, 0) is 48.2 Å². The number of nitrogens with one attached hydrogen (secondary N) is 1. The zero-order valence-electron chi connectivity index (χ0n) is 11.5. The van der Waals surface area contributed by atoms with Crippen molar-refractivity contribution >= 4 is 28.9 Å². The summed E-state index contributed by atoms with van der Waals surface area (Å²) in [6.45, 7) is 7.48. The van der Waals surface area contributed by atoms with E-state index in [0.29, 0.717) is 0 Å². The second kappa shape index (κ2) is 6.58. The molecule has 0 spiro atoms. The standard InChI is InChI=1S/C15H21ClN2S/c1-11-7-12(2)10-18(9-11)15(19)17-8-13-3-5-14(16)6-4-13/h3-6,11-12H,7-10H2,1-2H3,(H,17,19)/t11-,12-/m0/s1. The van der Waals surface area contributed by atoms with E-state index in [4.69, 9.17) is 23.8 Å². The average Bonchev–Trinajstić information content (AvgIpc) is 2.36. The third-order valence-electron chi connectivity index (χ3n) is 3.51. The Morgan fingerprint density at radius 1 is 1.26 bits per heavy atom. The van der Waals surface area contributed by atoms with E-state index < -0.39 is 0 Å². The van der Waals surface area contributed by atoms with Gasteiger partial charge in [-0.15, -0.1) is 0 Å². The lowest BCUT2D eigenvalue weighted by Crippen LogP contribution is -2.47. The fourth-order valence-corrected chi connectivity index (χ4v) is 3.07. The number of thiocarbonyl (C=S) groups is 1. The van der Waals surface area contributed by atoms with Gasteiger partial charge in [0.2, 0.25) is 0 Å². The van der Waals surface area contributed by atoms with Crippen molar-refractivity contribution in [2.75, 3.05) is 13.1 Å². The Morgan fingerprint density at radius 2 is 1.84 bits per heavy atom. The molecule has 0 unspecified atom stereocenters. The molecule has 0 saturated carbocycles. The van der Waals surface area contributed by atoms with Crippen molar-refractivity contribution in [3.63, 3.8) is 0 Å². The van der Waals surface area contributed by atoms with E-state index in [1.54, 1.807) is 0 Å². The molecule has 2 nitrogen and oxygen atoms in total. The highest BCUT2D eigenvalue weighted by atomic mass is 35.5. The summed E-state index contributed by atoms with van der Waals surface area (Å²) in [5.41, 5.74) is 1.20. The smallest absolute Gasteiger partial charge is 0.169 e.